The molecule has 1 fully saturated rings. The largest absolute Gasteiger partial charge is 0.369 e. The summed E-state index contributed by atoms with van der Waals surface area (Å²) in [7, 11) is -2.26. The number of nitrogens with zero attached hydrogens (tertiary/aromatic N) is 3. The molecule has 0 spiro atoms. The number of amides is 1. The maximum absolute atomic E-state index is 11.9. The Bertz CT molecular complexity index is 981. The van der Waals surface area contributed by atoms with Crippen molar-refractivity contribution in [3.05, 3.63) is 35.1 Å². The third-order valence-electron chi connectivity index (χ3n) is 3.92. The molecule has 26 heavy (non-hydrogen) atoms. The van der Waals surface area contributed by atoms with E-state index in [1.807, 2.05) is 0 Å². The summed E-state index contributed by atoms with van der Waals surface area (Å²) < 4.78 is 27.7. The predicted octanol–water partition coefficient (Wildman–Crippen LogP) is 1.00. The van der Waals surface area contributed by atoms with Crippen LogP contribution in [0.1, 0.15) is 24.5 Å². The highest BCUT2D eigenvalue weighted by atomic mass is 35.5. The van der Waals surface area contributed by atoms with Gasteiger partial charge in [-0.1, -0.05) is 11.6 Å². The summed E-state index contributed by atoms with van der Waals surface area (Å²) in [4.78, 5) is 14.7. The second kappa shape index (κ2) is 7.06. The van der Waals surface area contributed by atoms with Gasteiger partial charge in [0.1, 0.15) is 5.69 Å². The van der Waals surface area contributed by atoms with Gasteiger partial charge in [-0.3, -0.25) is 10.1 Å². The van der Waals surface area contributed by atoms with E-state index in [4.69, 9.17) is 17.3 Å². The molecule has 1 aliphatic rings. The fraction of sp³-hybridized carbons (Fsp3) is 0.267. The lowest BCUT2D eigenvalue weighted by Gasteiger charge is -2.11. The Morgan fingerprint density at radius 1 is 1.46 bits per heavy atom. The summed E-state index contributed by atoms with van der Waals surface area (Å²) in [5, 5.41) is 6.84. The molecule has 1 amide bonds. The van der Waals surface area contributed by atoms with Gasteiger partial charge in [0.2, 0.25) is 16.4 Å². The summed E-state index contributed by atoms with van der Waals surface area (Å²) in [6.07, 6.45) is 3.91. The Labute approximate surface area is 155 Å². The van der Waals surface area contributed by atoms with Gasteiger partial charge in [-0.15, -0.1) is 0 Å². The molecule has 1 aromatic heterocycles. The quantitative estimate of drug-likeness (QED) is 0.381. The zero-order valence-electron chi connectivity index (χ0n) is 13.8. The van der Waals surface area contributed by atoms with Gasteiger partial charge in [-0.2, -0.15) is 5.10 Å². The van der Waals surface area contributed by atoms with E-state index in [1.54, 1.807) is 10.7 Å². The minimum absolute atomic E-state index is 0.0389. The van der Waals surface area contributed by atoms with E-state index in [0.29, 0.717) is 17.8 Å². The number of carbonyl (C=O) groups excluding carboxylic acids is 1. The summed E-state index contributed by atoms with van der Waals surface area (Å²) in [5.74, 6) is 0.208. The first-order valence-electron chi connectivity index (χ1n) is 7.73. The lowest BCUT2D eigenvalue weighted by atomic mass is 10.2. The first-order chi connectivity index (χ1) is 12.4. The minimum Gasteiger partial charge on any atom is -0.369 e. The molecule has 1 aliphatic carbocycles. The second-order valence-corrected chi connectivity index (χ2v) is 7.97. The molecule has 0 bridgehead atoms. The molecule has 4 N–H and O–H groups in total. The number of hydrogen-bond acceptors (Lipinski definition) is 5. The molecule has 1 aromatic carbocycles. The van der Waals surface area contributed by atoms with Crippen LogP contribution in [0.4, 0.5) is 5.69 Å². The number of benzene rings is 1. The van der Waals surface area contributed by atoms with Crippen LogP contribution in [0.5, 0.6) is 0 Å². The highest BCUT2D eigenvalue weighted by Crippen LogP contribution is 2.45. The molecule has 3 rings (SSSR count). The Balaban J connectivity index is 2.06. The molecule has 0 aliphatic heterocycles. The predicted molar refractivity (Wildman–Crippen MR) is 97.3 cm³/mol. The third kappa shape index (κ3) is 3.57. The van der Waals surface area contributed by atoms with Crippen LogP contribution in [0.2, 0.25) is 5.02 Å². The zero-order valence-corrected chi connectivity index (χ0v) is 15.4. The van der Waals surface area contributed by atoms with E-state index < -0.39 is 10.0 Å². The monoisotopic (exact) mass is 396 g/mol. The van der Waals surface area contributed by atoms with Crippen LogP contribution >= 0.6 is 11.6 Å². The van der Waals surface area contributed by atoms with Gasteiger partial charge in [0.15, 0.2) is 5.96 Å². The maximum atomic E-state index is 11.9. The zero-order chi connectivity index (χ0) is 18.9. The smallest absolute Gasteiger partial charge is 0.240 e. The van der Waals surface area contributed by atoms with Crippen molar-refractivity contribution in [2.45, 2.75) is 23.7 Å². The van der Waals surface area contributed by atoms with Crippen LogP contribution < -0.4 is 15.8 Å². The van der Waals surface area contributed by atoms with E-state index in [0.717, 1.165) is 18.5 Å². The van der Waals surface area contributed by atoms with E-state index in [1.165, 1.54) is 25.4 Å². The van der Waals surface area contributed by atoms with Gasteiger partial charge in [0.05, 0.1) is 27.5 Å². The number of aliphatic imine (C=N–C) groups is 1. The molecule has 9 nitrogen and oxygen atoms in total. The molecule has 138 valence electrons. The Morgan fingerprint density at radius 3 is 2.77 bits per heavy atom. The molecule has 1 saturated carbocycles. The molecule has 11 heteroatoms. The number of carbonyl (C=O) groups is 1. The molecule has 2 aromatic rings. The Hall–Kier alpha value is -2.43. The second-order valence-electron chi connectivity index (χ2n) is 5.68. The van der Waals surface area contributed by atoms with E-state index >= 15 is 0 Å². The van der Waals surface area contributed by atoms with E-state index in [2.05, 4.69) is 20.1 Å². The Morgan fingerprint density at radius 2 is 2.19 bits per heavy atom. The van der Waals surface area contributed by atoms with Gasteiger partial charge >= 0.3 is 0 Å². The topological polar surface area (TPSA) is 131 Å². The van der Waals surface area contributed by atoms with Crippen LogP contribution in [0.15, 0.2) is 34.3 Å². The van der Waals surface area contributed by atoms with Crippen LogP contribution in [-0.4, -0.2) is 37.6 Å². The number of rotatable bonds is 6. The van der Waals surface area contributed by atoms with Gasteiger partial charge in [-0.25, -0.2) is 22.8 Å². The molecule has 0 saturated heterocycles. The van der Waals surface area contributed by atoms with Crippen molar-refractivity contribution in [2.75, 3.05) is 7.05 Å². The summed E-state index contributed by atoms with van der Waals surface area (Å²) in [6.45, 7) is 0. The Kier molecular flexibility index (Phi) is 4.99. The van der Waals surface area contributed by atoms with Gasteiger partial charge in [-0.05, 0) is 38.1 Å². The summed E-state index contributed by atoms with van der Waals surface area (Å²) in [5.41, 5.74) is 7.51. The normalized spacial score (nSPS) is 15.1. The van der Waals surface area contributed by atoms with Crippen molar-refractivity contribution >= 4 is 39.7 Å². The van der Waals surface area contributed by atoms with Crippen molar-refractivity contribution in [3.8, 4) is 5.69 Å². The minimum atomic E-state index is -3.59. The van der Waals surface area contributed by atoms with E-state index in [-0.39, 0.29) is 21.8 Å². The molecular weight excluding hydrogens is 380 g/mol. The van der Waals surface area contributed by atoms with Crippen LogP contribution in [0, 0.1) is 0 Å². The number of guanidine groups is 1. The number of hydrogen-bond donors (Lipinski definition) is 3. The highest BCUT2D eigenvalue weighted by Gasteiger charge is 2.31. The summed E-state index contributed by atoms with van der Waals surface area (Å²) >= 11 is 6.32. The van der Waals surface area contributed by atoms with Crippen molar-refractivity contribution in [3.63, 3.8) is 0 Å². The third-order valence-corrected chi connectivity index (χ3v) is 5.64. The average Bonchev–Trinajstić information content (AvgIpc) is 3.36. The molecule has 1 heterocycles. The molecule has 0 radical (unpaired) electrons. The number of sulfonamides is 1. The summed E-state index contributed by atoms with van der Waals surface area (Å²) in [6, 6.07) is 4.41. The van der Waals surface area contributed by atoms with Crippen molar-refractivity contribution in [1.82, 2.24) is 19.8 Å². The number of nitrogens with one attached hydrogen (secondary N) is 2. The standard InChI is InChI=1S/C15H17ClN6O3S/c1-18-26(24,25)10-4-5-13(11(16)6-10)22-14(9-2-3-9)12(7-20-22)21-15(17)19-8-23/h4-9,18H,2-3H2,1H3,(H3,17,19,21,23). The van der Waals surface area contributed by atoms with Gasteiger partial charge in [0, 0.05) is 5.92 Å². The number of nitrogens with two attached hydrogens (primary N) is 1. The van der Waals surface area contributed by atoms with Crippen molar-refractivity contribution in [2.24, 2.45) is 10.7 Å². The van der Waals surface area contributed by atoms with Crippen molar-refractivity contribution < 1.29 is 13.2 Å². The molecule has 0 unspecified atom stereocenters. The number of aromatic nitrogens is 2. The molecule has 0 atom stereocenters. The SMILES string of the molecule is CNS(=O)(=O)c1ccc(-n2ncc(N=C(N)NC=O)c2C2CC2)c(Cl)c1. The van der Waals surface area contributed by atoms with Gasteiger partial charge in [0.25, 0.3) is 0 Å². The first kappa shape index (κ1) is 18.4. The molecular formula is C15H17ClN6O3S. The van der Waals surface area contributed by atoms with Crippen LogP contribution in [0.25, 0.3) is 5.69 Å². The van der Waals surface area contributed by atoms with Gasteiger partial charge < -0.3 is 5.73 Å². The fourth-order valence-electron chi connectivity index (χ4n) is 2.53. The lowest BCUT2D eigenvalue weighted by Crippen LogP contribution is -2.29. The first-order valence-corrected chi connectivity index (χ1v) is 9.59. The maximum Gasteiger partial charge on any atom is 0.240 e. The lowest BCUT2D eigenvalue weighted by molar-refractivity contribution is -0.108. The number of halogens is 1. The van der Waals surface area contributed by atoms with Crippen molar-refractivity contribution in [1.29, 1.82) is 0 Å². The highest BCUT2D eigenvalue weighted by molar-refractivity contribution is 7.89. The fourth-order valence-corrected chi connectivity index (χ4v) is 3.61. The van der Waals surface area contributed by atoms with Crippen LogP contribution in [-0.2, 0) is 14.8 Å². The van der Waals surface area contributed by atoms with Crippen LogP contribution in [0.3, 0.4) is 0 Å². The average molecular weight is 397 g/mol. The van der Waals surface area contributed by atoms with E-state index in [9.17, 15) is 13.2 Å².